The van der Waals surface area contributed by atoms with Crippen LogP contribution in [0.2, 0.25) is 0 Å². The molecule has 88 valence electrons. The Balaban J connectivity index is 0.000000606. The van der Waals surface area contributed by atoms with Crippen molar-refractivity contribution in [2.45, 2.75) is 13.8 Å². The number of imidazole rings is 1. The predicted molar refractivity (Wildman–Crippen MR) is 62.5 cm³/mol. The van der Waals surface area contributed by atoms with Crippen LogP contribution >= 0.6 is 0 Å². The SMILES string of the molecule is CC.Cn1c(=O)c2ncn(C)c2n(C)c1=O. The standard InChI is InChI=1S/C8H10N4O2.C2H6/c1-10-4-9-5-6(10)11(2)8(14)12(3)7(5)13;1-2/h4H,1-3H3;1-2H3. The Morgan fingerprint density at radius 3 is 2.19 bits per heavy atom. The van der Waals surface area contributed by atoms with Crippen molar-refractivity contribution in [3.63, 3.8) is 0 Å². The van der Waals surface area contributed by atoms with Gasteiger partial charge < -0.3 is 4.57 Å². The van der Waals surface area contributed by atoms with Gasteiger partial charge in [-0.2, -0.15) is 0 Å². The van der Waals surface area contributed by atoms with E-state index >= 15 is 0 Å². The average molecular weight is 224 g/mol. The normalized spacial score (nSPS) is 10.1. The van der Waals surface area contributed by atoms with E-state index in [1.165, 1.54) is 17.9 Å². The molecule has 0 saturated carbocycles. The van der Waals surface area contributed by atoms with Crippen LogP contribution in [0, 0.1) is 0 Å². The van der Waals surface area contributed by atoms with E-state index in [0.717, 1.165) is 4.57 Å². The molecule has 0 aliphatic carbocycles. The Kier molecular flexibility index (Phi) is 3.31. The highest BCUT2D eigenvalue weighted by atomic mass is 16.2. The van der Waals surface area contributed by atoms with Crippen molar-refractivity contribution in [3.8, 4) is 0 Å². The first-order chi connectivity index (χ1) is 7.54. The Hall–Kier alpha value is -1.85. The zero-order chi connectivity index (χ0) is 12.5. The molecule has 2 heterocycles. The van der Waals surface area contributed by atoms with Gasteiger partial charge in [-0.25, -0.2) is 9.78 Å². The summed E-state index contributed by atoms with van der Waals surface area (Å²) in [7, 11) is 4.80. The lowest BCUT2D eigenvalue weighted by molar-refractivity contribution is 0.698. The molecule has 16 heavy (non-hydrogen) atoms. The zero-order valence-electron chi connectivity index (χ0n) is 10.2. The first kappa shape index (κ1) is 12.2. The first-order valence-electron chi connectivity index (χ1n) is 5.11. The molecule has 0 bridgehead atoms. The molecule has 0 aliphatic heterocycles. The molecule has 0 unspecified atom stereocenters. The minimum absolute atomic E-state index is 0.317. The summed E-state index contributed by atoms with van der Waals surface area (Å²) in [6, 6.07) is 0. The fourth-order valence-electron chi connectivity index (χ4n) is 1.53. The third-order valence-corrected chi connectivity index (χ3v) is 2.30. The molecule has 0 spiro atoms. The van der Waals surface area contributed by atoms with E-state index in [0.29, 0.717) is 11.2 Å². The maximum atomic E-state index is 11.6. The van der Waals surface area contributed by atoms with Crippen LogP contribution in [-0.4, -0.2) is 18.7 Å². The quantitative estimate of drug-likeness (QED) is 0.632. The summed E-state index contributed by atoms with van der Waals surface area (Å²) in [5.41, 5.74) is 0.157. The molecule has 0 radical (unpaired) electrons. The maximum Gasteiger partial charge on any atom is 0.332 e. The van der Waals surface area contributed by atoms with Gasteiger partial charge in [0, 0.05) is 21.1 Å². The van der Waals surface area contributed by atoms with Gasteiger partial charge in [0.05, 0.1) is 6.33 Å². The Bertz CT molecular complexity index is 618. The van der Waals surface area contributed by atoms with Gasteiger partial charge in [0.1, 0.15) is 5.65 Å². The van der Waals surface area contributed by atoms with Gasteiger partial charge in [-0.3, -0.25) is 13.9 Å². The number of nitrogens with zero attached hydrogens (tertiary/aromatic N) is 4. The minimum atomic E-state index is -0.358. The molecule has 0 amide bonds. The molecule has 2 aromatic rings. The van der Waals surface area contributed by atoms with Crippen LogP contribution in [0.1, 0.15) is 13.8 Å². The highest BCUT2D eigenvalue weighted by Gasteiger charge is 2.11. The molecular weight excluding hydrogens is 208 g/mol. The van der Waals surface area contributed by atoms with Crippen LogP contribution in [0.5, 0.6) is 0 Å². The summed E-state index contributed by atoms with van der Waals surface area (Å²) in [4.78, 5) is 27.1. The number of hydrogen-bond acceptors (Lipinski definition) is 3. The van der Waals surface area contributed by atoms with Crippen molar-refractivity contribution in [1.82, 2.24) is 18.7 Å². The van der Waals surface area contributed by atoms with Crippen LogP contribution < -0.4 is 11.2 Å². The third-order valence-electron chi connectivity index (χ3n) is 2.30. The number of aryl methyl sites for hydroxylation is 2. The maximum absolute atomic E-state index is 11.6. The lowest BCUT2D eigenvalue weighted by Gasteiger charge is -2.04. The van der Waals surface area contributed by atoms with E-state index in [4.69, 9.17) is 0 Å². The summed E-state index contributed by atoms with van der Waals surface area (Å²) in [6.45, 7) is 4.00. The Morgan fingerprint density at radius 1 is 1.06 bits per heavy atom. The van der Waals surface area contributed by atoms with Crippen LogP contribution in [0.15, 0.2) is 15.9 Å². The fraction of sp³-hybridized carbons (Fsp3) is 0.500. The largest absolute Gasteiger partial charge is 0.332 e. The summed E-state index contributed by atoms with van der Waals surface area (Å²) >= 11 is 0. The van der Waals surface area contributed by atoms with Gasteiger partial charge in [0.2, 0.25) is 0 Å². The summed E-state index contributed by atoms with van der Waals surface area (Å²) in [5.74, 6) is 0. The van der Waals surface area contributed by atoms with Gasteiger partial charge in [-0.15, -0.1) is 0 Å². The lowest BCUT2D eigenvalue weighted by atomic mass is 10.5. The topological polar surface area (TPSA) is 61.8 Å². The number of rotatable bonds is 0. The summed E-state index contributed by atoms with van der Waals surface area (Å²) in [5, 5.41) is 0. The second-order valence-electron chi connectivity index (χ2n) is 3.23. The third kappa shape index (κ3) is 1.56. The van der Waals surface area contributed by atoms with Crippen LogP contribution in [0.25, 0.3) is 11.2 Å². The van der Waals surface area contributed by atoms with Crippen molar-refractivity contribution >= 4 is 11.2 Å². The van der Waals surface area contributed by atoms with Crippen LogP contribution in [0.4, 0.5) is 0 Å². The lowest BCUT2D eigenvalue weighted by Crippen LogP contribution is -2.37. The smallest absolute Gasteiger partial charge is 0.320 e. The Morgan fingerprint density at radius 2 is 1.62 bits per heavy atom. The van der Waals surface area contributed by atoms with Crippen molar-refractivity contribution < 1.29 is 0 Å². The highest BCUT2D eigenvalue weighted by molar-refractivity contribution is 5.69. The van der Waals surface area contributed by atoms with E-state index in [9.17, 15) is 9.59 Å². The van der Waals surface area contributed by atoms with Gasteiger partial charge in [-0.05, 0) is 0 Å². The molecule has 0 saturated heterocycles. The molecule has 2 aromatic heterocycles. The summed E-state index contributed by atoms with van der Waals surface area (Å²) < 4.78 is 4.11. The summed E-state index contributed by atoms with van der Waals surface area (Å²) in [6.07, 6.45) is 1.52. The van der Waals surface area contributed by atoms with Gasteiger partial charge in [0.25, 0.3) is 5.56 Å². The van der Waals surface area contributed by atoms with Gasteiger partial charge in [0.15, 0.2) is 5.52 Å². The molecule has 2 rings (SSSR count). The van der Waals surface area contributed by atoms with Gasteiger partial charge in [-0.1, -0.05) is 13.8 Å². The van der Waals surface area contributed by atoms with Crippen molar-refractivity contribution in [2.75, 3.05) is 0 Å². The van der Waals surface area contributed by atoms with Crippen LogP contribution in [-0.2, 0) is 21.1 Å². The van der Waals surface area contributed by atoms with E-state index in [2.05, 4.69) is 4.98 Å². The molecule has 0 fully saturated rings. The minimum Gasteiger partial charge on any atom is -0.320 e. The number of hydrogen-bond donors (Lipinski definition) is 0. The first-order valence-corrected chi connectivity index (χ1v) is 5.11. The fourth-order valence-corrected chi connectivity index (χ4v) is 1.53. The Labute approximate surface area is 92.8 Å². The number of aromatic nitrogens is 4. The van der Waals surface area contributed by atoms with Crippen molar-refractivity contribution in [2.24, 2.45) is 21.1 Å². The molecular formula is C10H16N4O2. The highest BCUT2D eigenvalue weighted by Crippen LogP contribution is 2.02. The molecule has 0 aliphatic rings. The van der Waals surface area contributed by atoms with Crippen molar-refractivity contribution in [3.05, 3.63) is 27.2 Å². The van der Waals surface area contributed by atoms with Crippen molar-refractivity contribution in [1.29, 1.82) is 0 Å². The zero-order valence-corrected chi connectivity index (χ0v) is 10.2. The van der Waals surface area contributed by atoms with E-state index in [1.807, 2.05) is 13.8 Å². The molecule has 6 nitrogen and oxygen atoms in total. The molecule has 0 atom stereocenters. The molecule has 6 heteroatoms. The molecule has 0 aromatic carbocycles. The van der Waals surface area contributed by atoms with Gasteiger partial charge >= 0.3 is 5.69 Å². The van der Waals surface area contributed by atoms with E-state index in [-0.39, 0.29) is 11.2 Å². The predicted octanol–water partition coefficient (Wildman–Crippen LogP) is -0.00310. The molecule has 0 N–H and O–H groups in total. The second kappa shape index (κ2) is 4.34. The monoisotopic (exact) mass is 224 g/mol. The second-order valence-corrected chi connectivity index (χ2v) is 3.23. The van der Waals surface area contributed by atoms with E-state index in [1.54, 1.807) is 18.7 Å². The average Bonchev–Trinajstić information content (AvgIpc) is 2.68. The van der Waals surface area contributed by atoms with E-state index < -0.39 is 0 Å². The number of fused-ring (bicyclic) bond motifs is 1. The van der Waals surface area contributed by atoms with Crippen LogP contribution in [0.3, 0.4) is 0 Å².